The van der Waals surface area contributed by atoms with Gasteiger partial charge in [0, 0.05) is 16.7 Å². The molecular weight excluding hydrogens is 412 g/mol. The molecule has 0 saturated carbocycles. The van der Waals surface area contributed by atoms with Gasteiger partial charge in [0.15, 0.2) is 11.3 Å². The van der Waals surface area contributed by atoms with Gasteiger partial charge in [-0.3, -0.25) is 0 Å². The van der Waals surface area contributed by atoms with Crippen molar-refractivity contribution in [1.29, 1.82) is 10.5 Å². The van der Waals surface area contributed by atoms with Crippen LogP contribution in [0.15, 0.2) is 93.6 Å². The Bertz CT molecular complexity index is 1370. The number of allylic oxidation sites excluding steroid dienone is 3. The van der Waals surface area contributed by atoms with Crippen molar-refractivity contribution >= 4 is 17.1 Å². The predicted molar refractivity (Wildman–Crippen MR) is 124 cm³/mol. The molecule has 0 amide bonds. The minimum absolute atomic E-state index is 0.0278. The molecule has 2 aromatic carbocycles. The van der Waals surface area contributed by atoms with Crippen molar-refractivity contribution in [1.82, 2.24) is 0 Å². The van der Waals surface area contributed by atoms with Crippen molar-refractivity contribution in [2.45, 2.75) is 20.8 Å². The summed E-state index contributed by atoms with van der Waals surface area (Å²) in [6, 6.07) is 24.7. The van der Waals surface area contributed by atoms with E-state index < -0.39 is 5.97 Å². The zero-order valence-corrected chi connectivity index (χ0v) is 18.5. The number of carbonyl (C=O) groups excluding carboxylic acids is 1. The number of nitriles is 2. The Labute approximate surface area is 192 Å². The lowest BCUT2D eigenvalue weighted by Gasteiger charge is -2.14. The Balaban J connectivity index is 2.20. The van der Waals surface area contributed by atoms with Crippen molar-refractivity contribution in [3.63, 3.8) is 0 Å². The van der Waals surface area contributed by atoms with Crippen molar-refractivity contribution in [2.24, 2.45) is 0 Å². The van der Waals surface area contributed by atoms with Crippen LogP contribution in [0.4, 0.5) is 0 Å². The van der Waals surface area contributed by atoms with Crippen LogP contribution >= 0.6 is 0 Å². The van der Waals surface area contributed by atoms with Gasteiger partial charge in [-0.25, -0.2) is 4.79 Å². The molecular formula is C28H20N2O3. The Kier molecular flexibility index (Phi) is 5.81. The molecule has 33 heavy (non-hydrogen) atoms. The van der Waals surface area contributed by atoms with E-state index in [-0.39, 0.29) is 11.3 Å². The number of cyclic esters (lactones) is 1. The first-order valence-corrected chi connectivity index (χ1v) is 10.4. The maximum atomic E-state index is 13.2. The van der Waals surface area contributed by atoms with E-state index in [4.69, 9.17) is 9.15 Å². The standard InChI is InChI=1S/C28H20N2O3/c1-17-14-23(19(3)32-17)18(2)24-26(27(33-28(24)31)22(15-29)16-30)25(20-10-6-4-7-11-20)21-12-8-5-9-13-21/h4-14H,1-3H3/b24-18-. The fourth-order valence-corrected chi connectivity index (χ4v) is 4.09. The third-order valence-electron chi connectivity index (χ3n) is 5.52. The summed E-state index contributed by atoms with van der Waals surface area (Å²) in [5.41, 5.74) is 4.25. The van der Waals surface area contributed by atoms with Crippen LogP contribution in [0.2, 0.25) is 0 Å². The number of nitrogens with zero attached hydrogens (tertiary/aromatic N) is 2. The maximum Gasteiger partial charge on any atom is 0.344 e. The molecule has 1 aliphatic heterocycles. The fourth-order valence-electron chi connectivity index (χ4n) is 4.09. The van der Waals surface area contributed by atoms with Gasteiger partial charge in [-0.2, -0.15) is 10.5 Å². The van der Waals surface area contributed by atoms with E-state index in [1.165, 1.54) is 0 Å². The van der Waals surface area contributed by atoms with Crippen molar-refractivity contribution < 1.29 is 13.9 Å². The quantitative estimate of drug-likeness (QED) is 0.286. The molecule has 1 aromatic heterocycles. The highest BCUT2D eigenvalue weighted by molar-refractivity contribution is 6.11. The highest BCUT2D eigenvalue weighted by atomic mass is 16.5. The molecule has 5 nitrogen and oxygen atoms in total. The van der Waals surface area contributed by atoms with E-state index in [1.807, 2.05) is 99.6 Å². The smallest absolute Gasteiger partial charge is 0.344 e. The second kappa shape index (κ2) is 8.86. The van der Waals surface area contributed by atoms with Crippen molar-refractivity contribution in [3.05, 3.63) is 117 Å². The Hall–Kier alpha value is -4.61. The van der Waals surface area contributed by atoms with Gasteiger partial charge in [0.25, 0.3) is 0 Å². The summed E-state index contributed by atoms with van der Waals surface area (Å²) < 4.78 is 11.3. The molecule has 1 aliphatic rings. The molecule has 0 aliphatic carbocycles. The Morgan fingerprint density at radius 3 is 1.85 bits per heavy atom. The number of rotatable bonds is 3. The molecule has 0 N–H and O–H groups in total. The van der Waals surface area contributed by atoms with Gasteiger partial charge in [-0.05, 0) is 43.5 Å². The van der Waals surface area contributed by atoms with Crippen molar-refractivity contribution in [3.8, 4) is 12.1 Å². The molecule has 0 radical (unpaired) electrons. The van der Waals surface area contributed by atoms with Gasteiger partial charge in [-0.1, -0.05) is 60.7 Å². The molecule has 0 atom stereocenters. The van der Waals surface area contributed by atoms with Gasteiger partial charge >= 0.3 is 5.97 Å². The van der Waals surface area contributed by atoms with Crippen molar-refractivity contribution in [2.75, 3.05) is 0 Å². The number of esters is 1. The molecule has 1 saturated heterocycles. The SMILES string of the molecule is C/C(=C1/C(=O)OC(=C(C#N)C#N)C1=C(c1ccccc1)c1ccccc1)c1cc(C)oc1C. The first-order valence-electron chi connectivity index (χ1n) is 10.4. The minimum atomic E-state index is -0.608. The number of carbonyl (C=O) groups is 1. The number of aryl methyl sites for hydroxylation is 2. The normalized spacial score (nSPS) is 14.4. The highest BCUT2D eigenvalue weighted by Crippen LogP contribution is 2.44. The first-order chi connectivity index (χ1) is 16.0. The zero-order valence-electron chi connectivity index (χ0n) is 18.5. The largest absolute Gasteiger partial charge is 0.466 e. The lowest BCUT2D eigenvalue weighted by atomic mass is 9.86. The van der Waals surface area contributed by atoms with E-state index >= 15 is 0 Å². The minimum Gasteiger partial charge on any atom is -0.466 e. The monoisotopic (exact) mass is 432 g/mol. The molecule has 2 heterocycles. The summed E-state index contributed by atoms with van der Waals surface area (Å²) >= 11 is 0. The highest BCUT2D eigenvalue weighted by Gasteiger charge is 2.38. The average molecular weight is 432 g/mol. The summed E-state index contributed by atoms with van der Waals surface area (Å²) in [6.07, 6.45) is 0. The Morgan fingerprint density at radius 2 is 1.39 bits per heavy atom. The zero-order chi connectivity index (χ0) is 23.5. The van der Waals surface area contributed by atoms with E-state index in [1.54, 1.807) is 0 Å². The lowest BCUT2D eigenvalue weighted by molar-refractivity contribution is -0.132. The molecule has 4 rings (SSSR count). The van der Waals surface area contributed by atoms with Crippen LogP contribution in [0, 0.1) is 36.5 Å². The van der Waals surface area contributed by atoms with E-state index in [2.05, 4.69) is 0 Å². The fraction of sp³-hybridized carbons (Fsp3) is 0.107. The van der Waals surface area contributed by atoms with Gasteiger partial charge in [0.05, 0.1) is 5.57 Å². The average Bonchev–Trinajstić information content (AvgIpc) is 3.34. The number of hydrogen-bond donors (Lipinski definition) is 0. The summed E-state index contributed by atoms with van der Waals surface area (Å²) in [5.74, 6) is 0.753. The van der Waals surface area contributed by atoms with Gasteiger partial charge in [0.1, 0.15) is 23.7 Å². The van der Waals surface area contributed by atoms with Crippen LogP contribution in [0.5, 0.6) is 0 Å². The number of furan rings is 1. The van der Waals surface area contributed by atoms with Crippen LogP contribution in [0.1, 0.15) is 35.1 Å². The van der Waals surface area contributed by atoms with Gasteiger partial charge in [0.2, 0.25) is 0 Å². The molecule has 0 bridgehead atoms. The third-order valence-corrected chi connectivity index (χ3v) is 5.52. The Morgan fingerprint density at radius 1 is 0.848 bits per heavy atom. The molecule has 5 heteroatoms. The third kappa shape index (κ3) is 3.89. The van der Waals surface area contributed by atoms with Crippen LogP contribution in [0.3, 0.4) is 0 Å². The van der Waals surface area contributed by atoms with Crippen LogP contribution < -0.4 is 0 Å². The molecule has 0 spiro atoms. The second-order valence-corrected chi connectivity index (χ2v) is 7.63. The van der Waals surface area contributed by atoms with Crippen LogP contribution in [-0.2, 0) is 9.53 Å². The van der Waals surface area contributed by atoms with E-state index in [0.29, 0.717) is 28.1 Å². The van der Waals surface area contributed by atoms with E-state index in [9.17, 15) is 15.3 Å². The summed E-state index contributed by atoms with van der Waals surface area (Å²) in [6.45, 7) is 5.49. The van der Waals surface area contributed by atoms with Crippen LogP contribution in [0.25, 0.3) is 11.1 Å². The number of ether oxygens (including phenoxy) is 1. The van der Waals surface area contributed by atoms with Gasteiger partial charge in [-0.15, -0.1) is 0 Å². The maximum absolute atomic E-state index is 13.2. The summed E-state index contributed by atoms with van der Waals surface area (Å²) in [7, 11) is 0. The molecule has 1 fully saturated rings. The number of hydrogen-bond acceptors (Lipinski definition) is 5. The molecule has 160 valence electrons. The second-order valence-electron chi connectivity index (χ2n) is 7.63. The molecule has 0 unspecified atom stereocenters. The predicted octanol–water partition coefficient (Wildman–Crippen LogP) is 6.03. The molecule has 3 aromatic rings. The lowest BCUT2D eigenvalue weighted by Crippen LogP contribution is -2.02. The first kappa shape index (κ1) is 21.6. The number of benzene rings is 2. The summed E-state index contributed by atoms with van der Waals surface area (Å²) in [5, 5.41) is 19.3. The summed E-state index contributed by atoms with van der Waals surface area (Å²) in [4.78, 5) is 13.2. The van der Waals surface area contributed by atoms with E-state index in [0.717, 1.165) is 22.5 Å². The topological polar surface area (TPSA) is 87.0 Å². The van der Waals surface area contributed by atoms with Gasteiger partial charge < -0.3 is 9.15 Å². The van der Waals surface area contributed by atoms with Crippen LogP contribution in [-0.4, -0.2) is 5.97 Å².